The highest BCUT2D eigenvalue weighted by Gasteiger charge is 2.24. The number of sulfonamides is 1. The Kier molecular flexibility index (Phi) is 7.77. The predicted molar refractivity (Wildman–Crippen MR) is 99.4 cm³/mol. The minimum Gasteiger partial charge on any atom is -0.481 e. The summed E-state index contributed by atoms with van der Waals surface area (Å²) in [5, 5.41) is 11.8. The molecule has 146 valence electrons. The van der Waals surface area contributed by atoms with Crippen LogP contribution in [0.1, 0.15) is 44.5 Å². The summed E-state index contributed by atoms with van der Waals surface area (Å²) < 4.78 is 26.1. The van der Waals surface area contributed by atoms with Crippen molar-refractivity contribution in [3.8, 4) is 0 Å². The van der Waals surface area contributed by atoms with Crippen LogP contribution >= 0.6 is 0 Å². The molecule has 0 aliphatic rings. The van der Waals surface area contributed by atoms with Crippen LogP contribution in [-0.2, 0) is 14.8 Å². The van der Waals surface area contributed by atoms with E-state index in [0.717, 1.165) is 0 Å². The zero-order valence-corrected chi connectivity index (χ0v) is 16.7. The summed E-state index contributed by atoms with van der Waals surface area (Å²) in [6, 6.07) is 5.43. The van der Waals surface area contributed by atoms with Gasteiger partial charge in [0.2, 0.25) is 10.0 Å². The van der Waals surface area contributed by atoms with Crippen molar-refractivity contribution in [2.75, 3.05) is 13.6 Å². The van der Waals surface area contributed by atoms with Gasteiger partial charge < -0.3 is 10.4 Å². The molecule has 2 N–H and O–H groups in total. The van der Waals surface area contributed by atoms with E-state index in [1.807, 2.05) is 13.8 Å². The number of carbonyl (C=O) groups excluding carboxylic acids is 1. The maximum absolute atomic E-state index is 12.4. The number of rotatable bonds is 9. The summed E-state index contributed by atoms with van der Waals surface area (Å²) >= 11 is 0. The van der Waals surface area contributed by atoms with Crippen molar-refractivity contribution in [1.82, 2.24) is 9.62 Å². The average Bonchev–Trinajstić information content (AvgIpc) is 2.56. The molecule has 1 aromatic carbocycles. The van der Waals surface area contributed by atoms with E-state index in [4.69, 9.17) is 0 Å². The molecular weight excluding hydrogens is 356 g/mol. The number of nitrogens with zero attached hydrogens (tertiary/aromatic N) is 1. The fraction of sp³-hybridized carbons (Fsp3) is 0.556. The number of benzene rings is 1. The normalized spacial score (nSPS) is 13.2. The van der Waals surface area contributed by atoms with E-state index in [0.29, 0.717) is 6.42 Å². The molecule has 1 aromatic rings. The van der Waals surface area contributed by atoms with Gasteiger partial charge in [0, 0.05) is 25.2 Å². The highest BCUT2D eigenvalue weighted by Crippen LogP contribution is 2.17. The molecule has 26 heavy (non-hydrogen) atoms. The van der Waals surface area contributed by atoms with Crippen LogP contribution in [0.25, 0.3) is 0 Å². The second-order valence-corrected chi connectivity index (χ2v) is 9.01. The van der Waals surface area contributed by atoms with E-state index in [9.17, 15) is 23.1 Å². The number of carboxylic acid groups (broad SMARTS) is 1. The minimum atomic E-state index is -3.61. The largest absolute Gasteiger partial charge is 0.481 e. The van der Waals surface area contributed by atoms with E-state index in [-0.39, 0.29) is 29.0 Å². The Hall–Kier alpha value is -1.93. The summed E-state index contributed by atoms with van der Waals surface area (Å²) in [7, 11) is -2.11. The van der Waals surface area contributed by atoms with Crippen LogP contribution in [0.4, 0.5) is 0 Å². The van der Waals surface area contributed by atoms with Gasteiger partial charge in [-0.05, 0) is 50.5 Å². The van der Waals surface area contributed by atoms with Gasteiger partial charge in [-0.25, -0.2) is 8.42 Å². The number of carbonyl (C=O) groups is 2. The molecule has 0 radical (unpaired) electrons. The smallest absolute Gasteiger partial charge is 0.308 e. The molecule has 1 atom stereocenters. The number of aliphatic carboxylic acids is 1. The van der Waals surface area contributed by atoms with E-state index < -0.39 is 27.8 Å². The van der Waals surface area contributed by atoms with Crippen molar-refractivity contribution in [3.63, 3.8) is 0 Å². The zero-order chi connectivity index (χ0) is 20.1. The predicted octanol–water partition coefficient (Wildman–Crippen LogP) is 2.19. The van der Waals surface area contributed by atoms with Gasteiger partial charge in [0.25, 0.3) is 5.91 Å². The molecule has 1 unspecified atom stereocenters. The lowest BCUT2D eigenvalue weighted by atomic mass is 9.97. The Morgan fingerprint density at radius 3 is 2.08 bits per heavy atom. The molecule has 0 fully saturated rings. The molecule has 0 saturated heterocycles. The third-order valence-electron chi connectivity index (χ3n) is 4.13. The highest BCUT2D eigenvalue weighted by molar-refractivity contribution is 7.89. The van der Waals surface area contributed by atoms with Crippen molar-refractivity contribution in [2.24, 2.45) is 11.8 Å². The molecule has 0 aromatic heterocycles. The molecule has 1 rings (SSSR count). The van der Waals surface area contributed by atoms with Crippen LogP contribution in [0, 0.1) is 11.8 Å². The van der Waals surface area contributed by atoms with Crippen molar-refractivity contribution in [2.45, 2.75) is 45.1 Å². The second kappa shape index (κ2) is 9.14. The van der Waals surface area contributed by atoms with E-state index in [1.54, 1.807) is 13.8 Å². The van der Waals surface area contributed by atoms with Crippen LogP contribution in [0.5, 0.6) is 0 Å². The first-order chi connectivity index (χ1) is 12.0. The Balaban J connectivity index is 2.82. The molecule has 7 nitrogen and oxygen atoms in total. The molecule has 0 saturated carbocycles. The lowest BCUT2D eigenvalue weighted by Crippen LogP contribution is -2.34. The number of amides is 1. The summed E-state index contributed by atoms with van der Waals surface area (Å²) in [5.41, 5.74) is 0.282. The quantitative estimate of drug-likeness (QED) is 0.679. The van der Waals surface area contributed by atoms with Gasteiger partial charge in [0.15, 0.2) is 0 Å². The van der Waals surface area contributed by atoms with Crippen molar-refractivity contribution in [3.05, 3.63) is 29.8 Å². The van der Waals surface area contributed by atoms with Crippen LogP contribution in [0.15, 0.2) is 29.2 Å². The third kappa shape index (κ3) is 5.81. The summed E-state index contributed by atoms with van der Waals surface area (Å²) in [6.45, 7) is 7.42. The Morgan fingerprint density at radius 1 is 1.12 bits per heavy atom. The van der Waals surface area contributed by atoms with Crippen LogP contribution in [0.3, 0.4) is 0 Å². The first-order valence-corrected chi connectivity index (χ1v) is 10.00. The molecular formula is C18H28N2O5S. The standard InChI is InChI=1S/C18H28N2O5S/c1-12(2)10-15(18(22)23)11-19-17(21)14-6-8-16(9-7-14)26(24,25)20(5)13(3)4/h6-9,12-13,15H,10-11H2,1-5H3,(H,19,21)(H,22,23). The average molecular weight is 384 g/mol. The minimum absolute atomic E-state index is 0.0302. The molecule has 0 heterocycles. The van der Waals surface area contributed by atoms with Crippen LogP contribution < -0.4 is 5.32 Å². The van der Waals surface area contributed by atoms with E-state index in [1.165, 1.54) is 35.6 Å². The van der Waals surface area contributed by atoms with Crippen LogP contribution in [-0.4, -0.2) is 49.3 Å². The zero-order valence-electron chi connectivity index (χ0n) is 15.9. The van der Waals surface area contributed by atoms with Crippen molar-refractivity contribution < 1.29 is 23.1 Å². The molecule has 0 bridgehead atoms. The summed E-state index contributed by atoms with van der Waals surface area (Å²) in [6.07, 6.45) is 0.467. The van der Waals surface area contributed by atoms with Gasteiger partial charge in [-0.3, -0.25) is 9.59 Å². The number of carboxylic acids is 1. The van der Waals surface area contributed by atoms with E-state index in [2.05, 4.69) is 5.32 Å². The molecule has 0 aliphatic carbocycles. The van der Waals surface area contributed by atoms with Crippen LogP contribution in [0.2, 0.25) is 0 Å². The van der Waals surface area contributed by atoms with Gasteiger partial charge in [-0.2, -0.15) is 4.31 Å². The van der Waals surface area contributed by atoms with Crippen molar-refractivity contribution in [1.29, 1.82) is 0 Å². The maximum atomic E-state index is 12.4. The lowest BCUT2D eigenvalue weighted by Gasteiger charge is -2.21. The highest BCUT2D eigenvalue weighted by atomic mass is 32.2. The number of hydrogen-bond donors (Lipinski definition) is 2. The topological polar surface area (TPSA) is 104 Å². The van der Waals surface area contributed by atoms with Gasteiger partial charge in [0.05, 0.1) is 10.8 Å². The number of nitrogens with one attached hydrogen (secondary N) is 1. The Bertz CT molecular complexity index is 726. The SMILES string of the molecule is CC(C)CC(CNC(=O)c1ccc(S(=O)(=O)N(C)C(C)C)cc1)C(=O)O. The van der Waals surface area contributed by atoms with Gasteiger partial charge in [0.1, 0.15) is 0 Å². The monoisotopic (exact) mass is 384 g/mol. The number of hydrogen-bond acceptors (Lipinski definition) is 4. The summed E-state index contributed by atoms with van der Waals surface area (Å²) in [4.78, 5) is 23.5. The van der Waals surface area contributed by atoms with E-state index >= 15 is 0 Å². The first-order valence-electron chi connectivity index (χ1n) is 8.56. The Morgan fingerprint density at radius 2 is 1.65 bits per heavy atom. The fourth-order valence-electron chi connectivity index (χ4n) is 2.38. The molecule has 0 aliphatic heterocycles. The van der Waals surface area contributed by atoms with Crippen molar-refractivity contribution >= 4 is 21.9 Å². The summed E-state index contributed by atoms with van der Waals surface area (Å²) in [5.74, 6) is -1.83. The van der Waals surface area contributed by atoms with Gasteiger partial charge >= 0.3 is 5.97 Å². The van der Waals surface area contributed by atoms with Gasteiger partial charge in [-0.1, -0.05) is 13.8 Å². The molecule has 8 heteroatoms. The van der Waals surface area contributed by atoms with Gasteiger partial charge in [-0.15, -0.1) is 0 Å². The second-order valence-electron chi connectivity index (χ2n) is 7.01. The Labute approximate surface area is 155 Å². The third-order valence-corrected chi connectivity index (χ3v) is 6.18. The maximum Gasteiger partial charge on any atom is 0.308 e. The molecule has 0 spiro atoms. The fourth-order valence-corrected chi connectivity index (χ4v) is 3.75. The first kappa shape index (κ1) is 22.1. The molecule has 1 amide bonds. The lowest BCUT2D eigenvalue weighted by molar-refractivity contribution is -0.142.